The zero-order valence-electron chi connectivity index (χ0n) is 20.7. The van der Waals surface area contributed by atoms with Gasteiger partial charge in [0, 0.05) is 45.2 Å². The predicted molar refractivity (Wildman–Crippen MR) is 131 cm³/mol. The summed E-state index contributed by atoms with van der Waals surface area (Å²) in [6.45, 7) is 2.62. The number of rotatable bonds is 5. The van der Waals surface area contributed by atoms with Gasteiger partial charge in [-0.3, -0.25) is 14.6 Å². The number of pyridine rings is 2. The van der Waals surface area contributed by atoms with E-state index >= 15 is 4.39 Å². The van der Waals surface area contributed by atoms with Crippen molar-refractivity contribution >= 4 is 23.4 Å². The molecular weight excluding hydrogens is 518 g/mol. The van der Waals surface area contributed by atoms with Gasteiger partial charge in [-0.25, -0.2) is 18.7 Å². The van der Waals surface area contributed by atoms with E-state index in [1.807, 2.05) is 4.57 Å². The highest BCUT2D eigenvalue weighted by molar-refractivity contribution is 6.30. The van der Waals surface area contributed by atoms with E-state index in [9.17, 15) is 14.0 Å². The summed E-state index contributed by atoms with van der Waals surface area (Å²) < 4.78 is 36.8. The van der Waals surface area contributed by atoms with Crippen molar-refractivity contribution in [2.24, 2.45) is 0 Å². The van der Waals surface area contributed by atoms with Crippen molar-refractivity contribution in [3.63, 3.8) is 0 Å². The number of aromatic nitrogens is 4. The topological polar surface area (TPSA) is 93.5 Å². The SMILES string of the molecule is CC(=O)N1CCn2c(nc3c2C(c2ncc(C4CC4)cc2F)N(C(=O)COc2cc(F)cnc2Cl)CC3)C1. The molecular formula is C26H25ClF2N6O3. The van der Waals surface area contributed by atoms with E-state index in [2.05, 4.69) is 9.97 Å². The van der Waals surface area contributed by atoms with E-state index in [0.29, 0.717) is 43.5 Å². The van der Waals surface area contributed by atoms with Gasteiger partial charge in [-0.15, -0.1) is 0 Å². The van der Waals surface area contributed by atoms with E-state index in [1.165, 1.54) is 17.9 Å². The van der Waals surface area contributed by atoms with Crippen molar-refractivity contribution in [1.29, 1.82) is 0 Å². The first kappa shape index (κ1) is 24.7. The Labute approximate surface area is 222 Å². The molecule has 38 heavy (non-hydrogen) atoms. The minimum absolute atomic E-state index is 0.0448. The predicted octanol–water partition coefficient (Wildman–Crippen LogP) is 3.40. The van der Waals surface area contributed by atoms with Gasteiger partial charge in [-0.1, -0.05) is 11.6 Å². The van der Waals surface area contributed by atoms with Crippen LogP contribution in [0, 0.1) is 11.6 Å². The van der Waals surface area contributed by atoms with Crippen molar-refractivity contribution in [1.82, 2.24) is 29.3 Å². The smallest absolute Gasteiger partial charge is 0.261 e. The summed E-state index contributed by atoms with van der Waals surface area (Å²) in [4.78, 5) is 41.7. The number of carbonyl (C=O) groups excluding carboxylic acids is 2. The molecule has 3 aromatic heterocycles. The summed E-state index contributed by atoms with van der Waals surface area (Å²) in [6.07, 6.45) is 5.11. The summed E-state index contributed by atoms with van der Waals surface area (Å²) >= 11 is 6.00. The molecule has 1 fully saturated rings. The highest BCUT2D eigenvalue weighted by atomic mass is 35.5. The maximum atomic E-state index is 15.6. The lowest BCUT2D eigenvalue weighted by atomic mass is 9.97. The molecule has 0 N–H and O–H groups in total. The molecule has 0 radical (unpaired) electrons. The number of hydrogen-bond acceptors (Lipinski definition) is 6. The number of hydrogen-bond donors (Lipinski definition) is 0. The van der Waals surface area contributed by atoms with E-state index < -0.39 is 30.2 Å². The molecule has 0 saturated heterocycles. The Morgan fingerprint density at radius 2 is 1.95 bits per heavy atom. The van der Waals surface area contributed by atoms with Crippen LogP contribution in [0.2, 0.25) is 5.15 Å². The molecule has 1 saturated carbocycles. The fourth-order valence-corrected chi connectivity index (χ4v) is 5.41. The molecule has 2 aliphatic heterocycles. The summed E-state index contributed by atoms with van der Waals surface area (Å²) in [5, 5.41) is -0.0695. The summed E-state index contributed by atoms with van der Waals surface area (Å²) in [7, 11) is 0. The summed E-state index contributed by atoms with van der Waals surface area (Å²) in [5.74, 6) is -0.659. The number of halogens is 3. The number of fused-ring (bicyclic) bond motifs is 3. The van der Waals surface area contributed by atoms with Crippen molar-refractivity contribution in [3.05, 3.63) is 69.8 Å². The van der Waals surface area contributed by atoms with E-state index in [4.69, 9.17) is 21.3 Å². The maximum absolute atomic E-state index is 15.6. The third kappa shape index (κ3) is 4.48. The van der Waals surface area contributed by atoms with Crippen LogP contribution in [0.15, 0.2) is 24.5 Å². The Morgan fingerprint density at radius 3 is 2.68 bits per heavy atom. The fraction of sp³-hybridized carbons (Fsp3) is 0.423. The second kappa shape index (κ2) is 9.61. The number of carbonyl (C=O) groups is 2. The lowest BCUT2D eigenvalue weighted by molar-refractivity contribution is -0.135. The van der Waals surface area contributed by atoms with Gasteiger partial charge in [-0.05, 0) is 30.4 Å². The Bertz CT molecular complexity index is 1440. The van der Waals surface area contributed by atoms with Crippen molar-refractivity contribution in [2.45, 2.75) is 51.2 Å². The van der Waals surface area contributed by atoms with Crippen molar-refractivity contribution < 1.29 is 23.1 Å². The first-order valence-corrected chi connectivity index (χ1v) is 12.9. The Morgan fingerprint density at radius 1 is 1.13 bits per heavy atom. The molecule has 0 aromatic carbocycles. The quantitative estimate of drug-likeness (QED) is 0.459. The van der Waals surface area contributed by atoms with Crippen LogP contribution in [0.25, 0.3) is 0 Å². The van der Waals surface area contributed by atoms with Crippen molar-refractivity contribution in [2.75, 3.05) is 19.7 Å². The lowest BCUT2D eigenvalue weighted by Crippen LogP contribution is -2.45. The highest BCUT2D eigenvalue weighted by Crippen LogP contribution is 2.42. The second-order valence-corrected chi connectivity index (χ2v) is 10.2. The van der Waals surface area contributed by atoms with Crippen LogP contribution in [0.3, 0.4) is 0 Å². The second-order valence-electron chi connectivity index (χ2n) is 9.83. The highest BCUT2D eigenvalue weighted by Gasteiger charge is 2.40. The number of amides is 2. The van der Waals surface area contributed by atoms with E-state index in [0.717, 1.165) is 36.4 Å². The molecule has 12 heteroatoms. The number of nitrogens with zero attached hydrogens (tertiary/aromatic N) is 6. The van der Waals surface area contributed by atoms with Gasteiger partial charge >= 0.3 is 0 Å². The van der Waals surface area contributed by atoms with Gasteiger partial charge in [0.05, 0.1) is 24.1 Å². The molecule has 2 amide bonds. The summed E-state index contributed by atoms with van der Waals surface area (Å²) in [5.41, 5.74) is 2.43. The number of imidazole rings is 1. The van der Waals surface area contributed by atoms with Crippen molar-refractivity contribution in [3.8, 4) is 5.75 Å². The average molecular weight is 543 g/mol. The third-order valence-electron chi connectivity index (χ3n) is 7.34. The van der Waals surface area contributed by atoms with Gasteiger partial charge in [0.25, 0.3) is 5.91 Å². The van der Waals surface area contributed by atoms with Crippen LogP contribution >= 0.6 is 11.6 Å². The minimum atomic E-state index is -0.839. The van der Waals surface area contributed by atoms with E-state index in [-0.39, 0.29) is 29.0 Å². The first-order valence-electron chi connectivity index (χ1n) is 12.5. The zero-order chi connectivity index (χ0) is 26.6. The van der Waals surface area contributed by atoms with Gasteiger partial charge in [-0.2, -0.15) is 0 Å². The standard InChI is InChI=1S/C26H25ClF2N6O3/c1-14(36)33-6-7-34-21(12-33)32-19-4-5-35(22(37)13-38-20-9-17(28)11-31-26(20)27)25(24(19)34)23-18(29)8-16(10-30-23)15-2-3-15/h8-11,15,25H,2-7,12-13H2,1H3. The van der Waals surface area contributed by atoms with Gasteiger partial charge < -0.3 is 19.1 Å². The molecule has 5 heterocycles. The lowest BCUT2D eigenvalue weighted by Gasteiger charge is -2.37. The van der Waals surface area contributed by atoms with Gasteiger partial charge in [0.15, 0.2) is 17.5 Å². The Balaban J connectivity index is 1.36. The summed E-state index contributed by atoms with van der Waals surface area (Å²) in [6, 6.07) is 1.73. The molecule has 3 aliphatic rings. The molecule has 9 nitrogen and oxygen atoms in total. The number of ether oxygens (including phenoxy) is 1. The molecule has 1 atom stereocenters. The molecule has 3 aromatic rings. The van der Waals surface area contributed by atoms with E-state index in [1.54, 1.807) is 11.1 Å². The first-order chi connectivity index (χ1) is 18.3. The van der Waals surface area contributed by atoms with Crippen LogP contribution in [0.1, 0.15) is 60.2 Å². The normalized spacial score (nSPS) is 18.7. The average Bonchev–Trinajstić information content (AvgIpc) is 3.68. The third-order valence-corrected chi connectivity index (χ3v) is 7.62. The van der Waals surface area contributed by atoms with Crippen LogP contribution in [0.5, 0.6) is 5.75 Å². The van der Waals surface area contributed by atoms with Crippen LogP contribution < -0.4 is 4.74 Å². The molecule has 1 aliphatic carbocycles. The van der Waals surface area contributed by atoms with Crippen LogP contribution in [0.4, 0.5) is 8.78 Å². The minimum Gasteiger partial charge on any atom is -0.480 e. The molecule has 198 valence electrons. The van der Waals surface area contributed by atoms with Gasteiger partial charge in [0.2, 0.25) is 5.91 Å². The van der Waals surface area contributed by atoms with Gasteiger partial charge in [0.1, 0.15) is 29.2 Å². The zero-order valence-corrected chi connectivity index (χ0v) is 21.4. The Kier molecular flexibility index (Phi) is 6.25. The Hall–Kier alpha value is -3.60. The maximum Gasteiger partial charge on any atom is 0.261 e. The molecule has 0 bridgehead atoms. The molecule has 0 spiro atoms. The largest absolute Gasteiger partial charge is 0.480 e. The van der Waals surface area contributed by atoms with Crippen LogP contribution in [-0.4, -0.2) is 60.8 Å². The van der Waals surface area contributed by atoms with Crippen LogP contribution in [-0.2, 0) is 29.1 Å². The monoisotopic (exact) mass is 542 g/mol. The fourth-order valence-electron chi connectivity index (χ4n) is 5.25. The molecule has 6 rings (SSSR count). The molecule has 1 unspecified atom stereocenters.